The molecular formula is C29H35ClN8O3. The van der Waals surface area contributed by atoms with Crippen molar-refractivity contribution in [1.82, 2.24) is 19.8 Å². The highest BCUT2D eigenvalue weighted by Crippen LogP contribution is 2.33. The molecule has 2 fully saturated rings. The van der Waals surface area contributed by atoms with Gasteiger partial charge in [0.2, 0.25) is 17.8 Å². The molecule has 11 nitrogen and oxygen atoms in total. The summed E-state index contributed by atoms with van der Waals surface area (Å²) in [7, 11) is 1.63. The van der Waals surface area contributed by atoms with Gasteiger partial charge in [0.1, 0.15) is 10.8 Å². The number of amides is 2. The van der Waals surface area contributed by atoms with E-state index in [2.05, 4.69) is 30.4 Å². The first kappa shape index (κ1) is 28.3. The number of carbonyl (C=O) groups is 2. The van der Waals surface area contributed by atoms with E-state index in [1.807, 2.05) is 52.3 Å². The lowest BCUT2D eigenvalue weighted by Gasteiger charge is -2.35. The van der Waals surface area contributed by atoms with Crippen molar-refractivity contribution in [2.45, 2.75) is 13.8 Å². The van der Waals surface area contributed by atoms with Crippen LogP contribution in [-0.4, -0.2) is 91.0 Å². The van der Waals surface area contributed by atoms with Gasteiger partial charge >= 0.3 is 0 Å². The molecule has 216 valence electrons. The smallest absolute Gasteiger partial charge is 0.229 e. The molecule has 5 rings (SSSR count). The Morgan fingerprint density at radius 2 is 1.37 bits per heavy atom. The molecule has 2 saturated heterocycles. The number of benzene rings is 2. The van der Waals surface area contributed by atoms with Crippen LogP contribution in [0, 0.1) is 0 Å². The van der Waals surface area contributed by atoms with Crippen molar-refractivity contribution >= 4 is 57.9 Å². The molecule has 0 radical (unpaired) electrons. The predicted molar refractivity (Wildman–Crippen MR) is 162 cm³/mol. The van der Waals surface area contributed by atoms with Crippen LogP contribution in [0.3, 0.4) is 0 Å². The number of carbonyl (C=O) groups excluding carboxylic acids is 2. The molecule has 0 saturated carbocycles. The average molecular weight is 579 g/mol. The van der Waals surface area contributed by atoms with Gasteiger partial charge in [-0.1, -0.05) is 11.6 Å². The molecule has 0 atom stereocenters. The second kappa shape index (κ2) is 12.5. The molecule has 1 aromatic heterocycles. The van der Waals surface area contributed by atoms with Gasteiger partial charge in [0.25, 0.3) is 0 Å². The van der Waals surface area contributed by atoms with E-state index in [-0.39, 0.29) is 11.8 Å². The van der Waals surface area contributed by atoms with E-state index in [4.69, 9.17) is 16.3 Å². The number of piperazine rings is 2. The van der Waals surface area contributed by atoms with E-state index >= 15 is 0 Å². The zero-order chi connectivity index (χ0) is 28.9. The highest BCUT2D eigenvalue weighted by Gasteiger charge is 2.21. The summed E-state index contributed by atoms with van der Waals surface area (Å²) in [5.74, 6) is 1.74. The van der Waals surface area contributed by atoms with Crippen LogP contribution in [-0.2, 0) is 9.59 Å². The third-order valence-electron chi connectivity index (χ3n) is 7.49. The molecule has 2 amide bonds. The van der Waals surface area contributed by atoms with Gasteiger partial charge in [0.15, 0.2) is 5.82 Å². The fraction of sp³-hybridized carbons (Fsp3) is 0.379. The highest BCUT2D eigenvalue weighted by molar-refractivity contribution is 6.32. The fourth-order valence-electron chi connectivity index (χ4n) is 5.07. The summed E-state index contributed by atoms with van der Waals surface area (Å²) >= 11 is 6.43. The molecule has 3 heterocycles. The summed E-state index contributed by atoms with van der Waals surface area (Å²) in [4.78, 5) is 40.4. The number of rotatable bonds is 7. The lowest BCUT2D eigenvalue weighted by atomic mass is 10.2. The number of nitrogens with one attached hydrogen (secondary N) is 2. The lowest BCUT2D eigenvalue weighted by molar-refractivity contribution is -0.129. The monoisotopic (exact) mass is 578 g/mol. The Balaban J connectivity index is 1.23. The number of halogens is 1. The number of anilines is 6. The van der Waals surface area contributed by atoms with Crippen LogP contribution >= 0.6 is 11.6 Å². The number of methoxy groups -OCH3 is 1. The lowest BCUT2D eigenvalue weighted by Crippen LogP contribution is -2.48. The Kier molecular flexibility index (Phi) is 8.63. The number of nitrogens with zero attached hydrogens (tertiary/aromatic N) is 6. The Morgan fingerprint density at radius 1 is 0.805 bits per heavy atom. The number of ether oxygens (including phenoxy) is 1. The van der Waals surface area contributed by atoms with Crippen molar-refractivity contribution in [3.63, 3.8) is 0 Å². The zero-order valence-electron chi connectivity index (χ0n) is 23.6. The normalized spacial score (nSPS) is 15.5. The largest absolute Gasteiger partial charge is 0.494 e. The van der Waals surface area contributed by atoms with Crippen LogP contribution in [0.15, 0.2) is 48.7 Å². The number of hydrogen-bond donors (Lipinski definition) is 2. The SMILES string of the molecule is COc1cc(N2CCN(C(C)=O)CC2)ccc1Nc1ncc(Cl)c(Nc2ccc(N3CCN(C(C)=O)CC3)cc2)n1. The van der Waals surface area contributed by atoms with Gasteiger partial charge in [-0.2, -0.15) is 4.98 Å². The van der Waals surface area contributed by atoms with E-state index in [9.17, 15) is 9.59 Å². The molecule has 12 heteroatoms. The van der Waals surface area contributed by atoms with Crippen LogP contribution in [0.5, 0.6) is 5.75 Å². The maximum Gasteiger partial charge on any atom is 0.229 e. The molecule has 41 heavy (non-hydrogen) atoms. The van der Waals surface area contributed by atoms with E-state index < -0.39 is 0 Å². The maximum absolute atomic E-state index is 11.7. The van der Waals surface area contributed by atoms with E-state index in [0.717, 1.165) is 62.0 Å². The van der Waals surface area contributed by atoms with E-state index in [1.54, 1.807) is 27.2 Å². The average Bonchev–Trinajstić information content (AvgIpc) is 2.99. The quantitative estimate of drug-likeness (QED) is 0.431. The van der Waals surface area contributed by atoms with Crippen LogP contribution in [0.1, 0.15) is 13.8 Å². The molecule has 0 spiro atoms. The Hall–Kier alpha value is -4.25. The second-order valence-electron chi connectivity index (χ2n) is 10.1. The summed E-state index contributed by atoms with van der Waals surface area (Å²) in [5, 5.41) is 6.92. The molecular weight excluding hydrogens is 544 g/mol. The first-order chi connectivity index (χ1) is 19.8. The Labute approximate surface area is 245 Å². The Morgan fingerprint density at radius 3 is 1.93 bits per heavy atom. The standard InChI is InChI=1S/C29H35ClN8O3/c1-20(39)35-10-14-37(15-11-35)23-6-4-22(5-7-23)32-28-25(30)19-31-29(34-28)33-26-9-8-24(18-27(26)41-3)38-16-12-36(13-17-38)21(2)40/h4-9,18-19H,10-17H2,1-3H3,(H2,31,32,33,34). The topological polar surface area (TPSA) is 106 Å². The Bertz CT molecular complexity index is 1390. The highest BCUT2D eigenvalue weighted by atomic mass is 35.5. The third-order valence-corrected chi connectivity index (χ3v) is 7.76. The van der Waals surface area contributed by atoms with Gasteiger partial charge in [-0.3, -0.25) is 9.59 Å². The van der Waals surface area contributed by atoms with Crippen molar-refractivity contribution in [2.75, 3.05) is 79.9 Å². The van der Waals surface area contributed by atoms with Crippen molar-refractivity contribution < 1.29 is 14.3 Å². The molecule has 3 aromatic rings. The maximum atomic E-state index is 11.7. The van der Waals surface area contributed by atoms with Gasteiger partial charge in [0.05, 0.1) is 19.0 Å². The van der Waals surface area contributed by atoms with Gasteiger partial charge < -0.3 is 35.0 Å². The molecule has 2 aromatic carbocycles. The van der Waals surface area contributed by atoms with Crippen LogP contribution in [0.2, 0.25) is 5.02 Å². The van der Waals surface area contributed by atoms with Crippen molar-refractivity contribution in [3.8, 4) is 5.75 Å². The predicted octanol–water partition coefficient (Wildman–Crippen LogP) is 3.96. The number of hydrogen-bond acceptors (Lipinski definition) is 9. The van der Waals surface area contributed by atoms with Crippen molar-refractivity contribution in [3.05, 3.63) is 53.7 Å². The molecule has 0 unspecified atom stereocenters. The van der Waals surface area contributed by atoms with Gasteiger partial charge in [0, 0.05) is 89.3 Å². The molecule has 2 N–H and O–H groups in total. The molecule has 0 aliphatic carbocycles. The summed E-state index contributed by atoms with van der Waals surface area (Å²) in [6.07, 6.45) is 1.55. The summed E-state index contributed by atoms with van der Waals surface area (Å²) < 4.78 is 5.66. The second-order valence-corrected chi connectivity index (χ2v) is 10.5. The van der Waals surface area contributed by atoms with E-state index in [1.165, 1.54) is 0 Å². The first-order valence-corrected chi connectivity index (χ1v) is 14.0. The minimum Gasteiger partial charge on any atom is -0.494 e. The number of aromatic nitrogens is 2. The van der Waals surface area contributed by atoms with Gasteiger partial charge in [-0.15, -0.1) is 0 Å². The van der Waals surface area contributed by atoms with Crippen molar-refractivity contribution in [2.24, 2.45) is 0 Å². The van der Waals surface area contributed by atoms with Crippen molar-refractivity contribution in [1.29, 1.82) is 0 Å². The molecule has 2 aliphatic rings. The zero-order valence-corrected chi connectivity index (χ0v) is 24.3. The van der Waals surface area contributed by atoms with Crippen LogP contribution < -0.4 is 25.2 Å². The van der Waals surface area contributed by atoms with Gasteiger partial charge in [-0.05, 0) is 36.4 Å². The summed E-state index contributed by atoms with van der Waals surface area (Å²) in [5.41, 5.74) is 3.70. The molecule has 2 aliphatic heterocycles. The fourth-order valence-corrected chi connectivity index (χ4v) is 5.21. The van der Waals surface area contributed by atoms with E-state index in [0.29, 0.717) is 35.6 Å². The van der Waals surface area contributed by atoms with Gasteiger partial charge in [-0.25, -0.2) is 4.98 Å². The third kappa shape index (κ3) is 6.74. The minimum atomic E-state index is 0.108. The summed E-state index contributed by atoms with van der Waals surface area (Å²) in [6, 6.07) is 14.0. The molecule has 0 bridgehead atoms. The summed E-state index contributed by atoms with van der Waals surface area (Å²) in [6.45, 7) is 9.23. The van der Waals surface area contributed by atoms with Crippen LogP contribution in [0.25, 0.3) is 0 Å². The minimum absolute atomic E-state index is 0.108. The van der Waals surface area contributed by atoms with Crippen LogP contribution in [0.4, 0.5) is 34.5 Å². The first-order valence-electron chi connectivity index (χ1n) is 13.7.